The third kappa shape index (κ3) is 3.28. The van der Waals surface area contributed by atoms with Gasteiger partial charge >= 0.3 is 5.97 Å². The predicted octanol–water partition coefficient (Wildman–Crippen LogP) is 1.62. The van der Waals surface area contributed by atoms with Crippen molar-refractivity contribution in [2.24, 2.45) is 0 Å². The number of nitrogens with zero attached hydrogens (tertiary/aromatic N) is 1. The zero-order valence-electron chi connectivity index (χ0n) is 11.8. The van der Waals surface area contributed by atoms with Crippen molar-refractivity contribution in [3.63, 3.8) is 0 Å². The minimum Gasteiger partial charge on any atom is -0.450 e. The summed E-state index contributed by atoms with van der Waals surface area (Å²) in [7, 11) is -2.14. The van der Waals surface area contributed by atoms with Crippen molar-refractivity contribution >= 4 is 42.9 Å². The first-order valence-electron chi connectivity index (χ1n) is 6.49. The molecule has 1 aromatic rings. The van der Waals surface area contributed by atoms with E-state index < -0.39 is 39.5 Å². The smallest absolute Gasteiger partial charge is 0.331 e. The van der Waals surface area contributed by atoms with Gasteiger partial charge in [0.05, 0.1) is 14.4 Å². The lowest BCUT2D eigenvalue weighted by molar-refractivity contribution is -0.149. The highest BCUT2D eigenvalue weighted by molar-refractivity contribution is 8.38. The van der Waals surface area contributed by atoms with Gasteiger partial charge in [-0.25, -0.2) is 4.79 Å². The number of rotatable bonds is 2. The molecule has 2 rings (SSSR count). The van der Waals surface area contributed by atoms with Crippen LogP contribution in [0.3, 0.4) is 0 Å². The second-order valence-electron chi connectivity index (χ2n) is 4.75. The highest BCUT2D eigenvalue weighted by Crippen LogP contribution is 2.49. The summed E-state index contributed by atoms with van der Waals surface area (Å²) in [6.07, 6.45) is 0.00357. The van der Waals surface area contributed by atoms with E-state index in [0.29, 0.717) is 4.90 Å². The van der Waals surface area contributed by atoms with E-state index in [1.54, 1.807) is 15.5 Å². The number of hydrogen-bond acceptors (Lipinski definition) is 7. The molecule has 2 amide bonds. The summed E-state index contributed by atoms with van der Waals surface area (Å²) in [5.41, 5.74) is 0. The molecule has 10 heteroatoms. The van der Waals surface area contributed by atoms with Crippen molar-refractivity contribution in [2.45, 2.75) is 23.8 Å². The molecular weight excluding hydrogens is 343 g/mol. The first-order chi connectivity index (χ1) is 10.8. The average Bonchev–Trinajstić information content (AvgIpc) is 2.95. The number of amides is 2. The SMILES string of the molecule is N=C(C(=O)N1C(=O)CCC1C(=O)OP)S(O)(O)c1ccccc1. The van der Waals surface area contributed by atoms with Crippen LogP contribution < -0.4 is 0 Å². The Morgan fingerprint density at radius 1 is 1.30 bits per heavy atom. The van der Waals surface area contributed by atoms with E-state index in [1.807, 2.05) is 0 Å². The second-order valence-corrected chi connectivity index (χ2v) is 6.96. The molecule has 1 heterocycles. The topological polar surface area (TPSA) is 128 Å². The molecule has 3 N–H and O–H groups in total. The van der Waals surface area contributed by atoms with Crippen LogP contribution in [0.4, 0.5) is 0 Å². The maximum atomic E-state index is 12.4. The van der Waals surface area contributed by atoms with Crippen molar-refractivity contribution in [1.29, 1.82) is 5.41 Å². The van der Waals surface area contributed by atoms with E-state index >= 15 is 0 Å². The normalized spacial score (nSPS) is 18.7. The van der Waals surface area contributed by atoms with Crippen LogP contribution in [0.1, 0.15) is 12.8 Å². The Kier molecular flexibility index (Phi) is 5.16. The lowest BCUT2D eigenvalue weighted by atomic mass is 10.2. The van der Waals surface area contributed by atoms with Crippen molar-refractivity contribution in [3.05, 3.63) is 30.3 Å². The maximum Gasteiger partial charge on any atom is 0.331 e. The highest BCUT2D eigenvalue weighted by atomic mass is 32.3. The zero-order valence-corrected chi connectivity index (χ0v) is 13.8. The van der Waals surface area contributed by atoms with Crippen LogP contribution in [0, 0.1) is 5.41 Å². The molecule has 8 nitrogen and oxygen atoms in total. The summed E-state index contributed by atoms with van der Waals surface area (Å²) in [6, 6.07) is 6.24. The summed E-state index contributed by atoms with van der Waals surface area (Å²) in [4.78, 5) is 36.4. The number of hydrogen-bond donors (Lipinski definition) is 3. The Balaban J connectivity index is 2.30. The van der Waals surface area contributed by atoms with Crippen molar-refractivity contribution in [2.75, 3.05) is 0 Å². The van der Waals surface area contributed by atoms with Gasteiger partial charge in [0.15, 0.2) is 0 Å². The average molecular weight is 358 g/mol. The number of carbonyl (C=O) groups excluding carboxylic acids is 3. The van der Waals surface area contributed by atoms with E-state index in [1.165, 1.54) is 24.3 Å². The van der Waals surface area contributed by atoms with Crippen molar-refractivity contribution in [3.8, 4) is 0 Å². The molecule has 0 aliphatic carbocycles. The largest absolute Gasteiger partial charge is 0.450 e. The first-order valence-corrected chi connectivity index (χ1v) is 8.51. The maximum absolute atomic E-state index is 12.4. The minimum atomic E-state index is -3.87. The highest BCUT2D eigenvalue weighted by Gasteiger charge is 2.44. The Bertz CT molecular complexity index is 666. The molecule has 2 unspecified atom stereocenters. The Morgan fingerprint density at radius 3 is 2.48 bits per heavy atom. The van der Waals surface area contributed by atoms with Crippen LogP contribution in [-0.2, 0) is 18.9 Å². The number of likely N-dealkylation sites (tertiary alicyclic amines) is 1. The van der Waals surface area contributed by atoms with Crippen LogP contribution >= 0.6 is 20.1 Å². The standard InChI is InChI=1S/C13H15N2O6PS/c14-11(23(19,20)8-4-2-1-3-5-8)12(17)15-9(13(18)21-22)6-7-10(15)16/h1-5,9,14,19-20H,6-7,22H2. The van der Waals surface area contributed by atoms with Crippen molar-refractivity contribution in [1.82, 2.24) is 4.90 Å². The minimum absolute atomic E-state index is 0.0184. The molecule has 2 atom stereocenters. The van der Waals surface area contributed by atoms with Gasteiger partial charge in [0.1, 0.15) is 6.04 Å². The summed E-state index contributed by atoms with van der Waals surface area (Å²) in [5.74, 6) is -2.70. The van der Waals surface area contributed by atoms with Crippen LogP contribution in [0.5, 0.6) is 0 Å². The third-order valence-electron chi connectivity index (χ3n) is 3.37. The van der Waals surface area contributed by atoms with Gasteiger partial charge in [0.2, 0.25) is 11.0 Å². The predicted molar refractivity (Wildman–Crippen MR) is 86.0 cm³/mol. The molecule has 124 valence electrons. The van der Waals surface area contributed by atoms with E-state index in [0.717, 1.165) is 0 Å². The van der Waals surface area contributed by atoms with Crippen molar-refractivity contribution < 1.29 is 28.0 Å². The molecule has 1 fully saturated rings. The van der Waals surface area contributed by atoms with Gasteiger partial charge < -0.3 is 4.52 Å². The fourth-order valence-corrected chi connectivity index (χ4v) is 3.47. The van der Waals surface area contributed by atoms with Crippen LogP contribution in [-0.4, -0.2) is 42.9 Å². The van der Waals surface area contributed by atoms with Gasteiger partial charge in [0, 0.05) is 6.42 Å². The number of carbonyl (C=O) groups is 3. The summed E-state index contributed by atoms with van der Waals surface area (Å²) in [5, 5.41) is 6.77. The lowest BCUT2D eigenvalue weighted by Gasteiger charge is -2.33. The first kappa shape index (κ1) is 17.6. The Morgan fingerprint density at radius 2 is 1.91 bits per heavy atom. The molecule has 0 radical (unpaired) electrons. The Hall–Kier alpha value is -1.80. The van der Waals surface area contributed by atoms with Crippen LogP contribution in [0.15, 0.2) is 35.2 Å². The quantitative estimate of drug-likeness (QED) is 0.419. The molecule has 23 heavy (non-hydrogen) atoms. The lowest BCUT2D eigenvalue weighted by Crippen LogP contribution is -2.47. The van der Waals surface area contributed by atoms with Crippen LogP contribution in [0.2, 0.25) is 0 Å². The molecule has 1 aliphatic rings. The van der Waals surface area contributed by atoms with Gasteiger partial charge in [-0.15, -0.1) is 10.6 Å². The molecular formula is C13H15N2O6PS. The molecule has 0 saturated carbocycles. The Labute approximate surface area is 136 Å². The van der Waals surface area contributed by atoms with Gasteiger partial charge in [0.25, 0.3) is 5.91 Å². The fourth-order valence-electron chi connectivity index (χ4n) is 2.20. The molecule has 1 saturated heterocycles. The molecule has 0 spiro atoms. The molecule has 1 aromatic carbocycles. The second kappa shape index (κ2) is 6.76. The summed E-state index contributed by atoms with van der Waals surface area (Å²) >= 11 is 0. The van der Waals surface area contributed by atoms with Gasteiger partial charge in [-0.05, 0) is 18.6 Å². The van der Waals surface area contributed by atoms with E-state index in [9.17, 15) is 23.5 Å². The number of benzene rings is 1. The number of imide groups is 1. The van der Waals surface area contributed by atoms with E-state index in [-0.39, 0.29) is 17.7 Å². The van der Waals surface area contributed by atoms with Gasteiger partial charge in [-0.1, -0.05) is 18.2 Å². The van der Waals surface area contributed by atoms with Gasteiger partial charge in [-0.2, -0.15) is 0 Å². The van der Waals surface area contributed by atoms with E-state index in [2.05, 4.69) is 4.52 Å². The van der Waals surface area contributed by atoms with E-state index in [4.69, 9.17) is 5.41 Å². The monoisotopic (exact) mass is 358 g/mol. The molecule has 1 aliphatic heterocycles. The fraction of sp³-hybridized carbons (Fsp3) is 0.231. The zero-order chi connectivity index (χ0) is 17.2. The van der Waals surface area contributed by atoms with Gasteiger partial charge in [-0.3, -0.25) is 29.0 Å². The summed E-state index contributed by atoms with van der Waals surface area (Å²) in [6.45, 7) is 0. The molecule has 0 bridgehead atoms. The third-order valence-corrected chi connectivity index (χ3v) is 5.28. The molecule has 0 aromatic heterocycles. The van der Waals surface area contributed by atoms with Crippen LogP contribution in [0.25, 0.3) is 0 Å². The summed E-state index contributed by atoms with van der Waals surface area (Å²) < 4.78 is 24.8. The number of nitrogens with one attached hydrogen (secondary N) is 1.